The van der Waals surface area contributed by atoms with E-state index in [1.54, 1.807) is 12.5 Å². The number of hydrogen-bond acceptors (Lipinski definition) is 5. The number of benzene rings is 2. The van der Waals surface area contributed by atoms with E-state index >= 15 is 0 Å². The lowest BCUT2D eigenvalue weighted by molar-refractivity contribution is -0.106. The molecule has 4 heterocycles. The van der Waals surface area contributed by atoms with Crippen molar-refractivity contribution in [3.05, 3.63) is 77.9 Å². The molecule has 0 spiro atoms. The van der Waals surface area contributed by atoms with Gasteiger partial charge in [-0.3, -0.25) is 0 Å². The SMILES string of the molecule is O[C@@H]1CCC(F)(F)C[C@H]1[C@H]1c2cc(N3C=C4c5ccccc5[C@H]([C@@H]5CC(F)(F)CC[C@@H]5O)N4C3)ccc2-c2cncn21. The van der Waals surface area contributed by atoms with Gasteiger partial charge in [0.25, 0.3) is 0 Å². The summed E-state index contributed by atoms with van der Waals surface area (Å²) in [7, 11) is 0. The van der Waals surface area contributed by atoms with Crippen molar-refractivity contribution in [2.24, 2.45) is 11.8 Å². The highest BCUT2D eigenvalue weighted by Crippen LogP contribution is 2.54. The number of alkyl halides is 4. The Bertz CT molecular complexity index is 1590. The number of fused-ring (bicyclic) bond motifs is 6. The maximum absolute atomic E-state index is 14.6. The Morgan fingerprint density at radius 2 is 1.50 bits per heavy atom. The van der Waals surface area contributed by atoms with Crippen LogP contribution in [-0.4, -0.2) is 55.4 Å². The Kier molecular flexibility index (Phi) is 5.67. The predicted molar refractivity (Wildman–Crippen MR) is 149 cm³/mol. The average Bonchev–Trinajstić information content (AvgIpc) is 3.71. The van der Waals surface area contributed by atoms with Crippen LogP contribution in [-0.2, 0) is 0 Å². The molecule has 1 aromatic heterocycles. The van der Waals surface area contributed by atoms with E-state index in [2.05, 4.69) is 14.8 Å². The number of imidazole rings is 1. The fourth-order valence-electron chi connectivity index (χ4n) is 8.22. The lowest BCUT2D eigenvalue weighted by Crippen LogP contribution is -2.43. The van der Waals surface area contributed by atoms with Crippen molar-refractivity contribution in [2.45, 2.75) is 74.7 Å². The second-order valence-corrected chi connectivity index (χ2v) is 12.7. The van der Waals surface area contributed by atoms with Crippen molar-refractivity contribution in [1.29, 1.82) is 0 Å². The highest BCUT2D eigenvalue weighted by atomic mass is 19.3. The minimum atomic E-state index is -2.84. The maximum atomic E-state index is 14.6. The van der Waals surface area contributed by atoms with E-state index in [0.29, 0.717) is 6.67 Å². The molecule has 8 rings (SSSR count). The first-order valence-corrected chi connectivity index (χ1v) is 14.7. The number of hydrogen-bond donors (Lipinski definition) is 2. The molecule has 2 fully saturated rings. The van der Waals surface area contributed by atoms with E-state index in [4.69, 9.17) is 0 Å². The summed E-state index contributed by atoms with van der Waals surface area (Å²) in [6.45, 7) is 0.408. The third-order valence-corrected chi connectivity index (χ3v) is 10.2. The summed E-state index contributed by atoms with van der Waals surface area (Å²) in [6, 6.07) is 12.9. The summed E-state index contributed by atoms with van der Waals surface area (Å²) in [5.74, 6) is -6.93. The van der Waals surface area contributed by atoms with Crippen LogP contribution in [0.3, 0.4) is 0 Å². The van der Waals surface area contributed by atoms with Crippen LogP contribution in [0.5, 0.6) is 0 Å². The van der Waals surface area contributed by atoms with Crippen molar-refractivity contribution < 1.29 is 27.8 Å². The lowest BCUT2D eigenvalue weighted by atomic mass is 9.77. The molecule has 6 nitrogen and oxygen atoms in total. The fraction of sp³-hybridized carbons (Fsp3) is 0.469. The molecule has 10 heteroatoms. The van der Waals surface area contributed by atoms with Crippen molar-refractivity contribution in [3.8, 4) is 11.3 Å². The van der Waals surface area contributed by atoms with Crippen LogP contribution in [0.2, 0.25) is 0 Å². The number of rotatable bonds is 3. The van der Waals surface area contributed by atoms with Crippen molar-refractivity contribution in [2.75, 3.05) is 11.6 Å². The van der Waals surface area contributed by atoms with Crippen molar-refractivity contribution in [1.82, 2.24) is 14.5 Å². The molecule has 0 saturated heterocycles. The van der Waals surface area contributed by atoms with Gasteiger partial charge in [0, 0.05) is 60.5 Å². The van der Waals surface area contributed by atoms with E-state index in [0.717, 1.165) is 39.3 Å². The smallest absolute Gasteiger partial charge is 0.248 e. The third kappa shape index (κ3) is 3.94. The lowest BCUT2D eigenvalue weighted by Gasteiger charge is -2.40. The summed E-state index contributed by atoms with van der Waals surface area (Å²) in [5.41, 5.74) is 6.32. The summed E-state index contributed by atoms with van der Waals surface area (Å²) in [6.07, 6.45) is 2.47. The Labute approximate surface area is 240 Å². The van der Waals surface area contributed by atoms with Crippen LogP contribution in [0.4, 0.5) is 23.2 Å². The molecule has 220 valence electrons. The monoisotopic (exact) mass is 580 g/mol. The Morgan fingerprint density at radius 1 is 0.810 bits per heavy atom. The summed E-state index contributed by atoms with van der Waals surface area (Å²) >= 11 is 0. The van der Waals surface area contributed by atoms with Crippen LogP contribution in [0.1, 0.15) is 67.3 Å². The first-order valence-electron chi connectivity index (χ1n) is 14.7. The molecule has 0 amide bonds. The van der Waals surface area contributed by atoms with Crippen LogP contribution in [0.25, 0.3) is 17.0 Å². The quantitative estimate of drug-likeness (QED) is 0.363. The number of halogens is 4. The molecule has 2 saturated carbocycles. The molecular weight excluding hydrogens is 548 g/mol. The fourth-order valence-corrected chi connectivity index (χ4v) is 8.22. The molecule has 0 bridgehead atoms. The van der Waals surface area contributed by atoms with Crippen LogP contribution in [0, 0.1) is 11.8 Å². The van der Waals surface area contributed by atoms with E-state index in [-0.39, 0.29) is 38.1 Å². The summed E-state index contributed by atoms with van der Waals surface area (Å²) in [5, 5.41) is 21.8. The molecule has 5 aliphatic rings. The molecule has 3 aliphatic heterocycles. The number of aliphatic hydroxyl groups excluding tert-OH is 2. The molecule has 2 aliphatic carbocycles. The highest BCUT2D eigenvalue weighted by molar-refractivity contribution is 5.79. The molecule has 2 aromatic carbocycles. The first-order chi connectivity index (χ1) is 20.1. The zero-order chi connectivity index (χ0) is 29.0. The van der Waals surface area contributed by atoms with Gasteiger partial charge < -0.3 is 24.6 Å². The zero-order valence-electron chi connectivity index (χ0n) is 22.9. The van der Waals surface area contributed by atoms with Gasteiger partial charge >= 0.3 is 0 Å². The van der Waals surface area contributed by atoms with Crippen molar-refractivity contribution in [3.63, 3.8) is 0 Å². The Hall–Kier alpha value is -3.37. The standard InChI is InChI=1S/C32H32F4N4O2/c33-31(34)9-7-27(41)23(12-31)29-21-4-2-1-3-19(21)26-15-38(17-40(26)29)18-5-6-20-22(11-18)30(39-16-37-14-25(20)39)24-13-32(35,36)10-8-28(24)42/h1-6,11,14-16,23-24,27-30,41-42H,7-10,12-13,17H2/t23-,24-,27+,28-,29-,30-/m1/s1. The number of anilines is 1. The topological polar surface area (TPSA) is 64.8 Å². The van der Waals surface area contributed by atoms with Gasteiger partial charge in [-0.1, -0.05) is 30.3 Å². The summed E-state index contributed by atoms with van der Waals surface area (Å²) in [4.78, 5) is 8.44. The van der Waals surface area contributed by atoms with Gasteiger partial charge in [-0.15, -0.1) is 0 Å². The van der Waals surface area contributed by atoms with E-state index < -0.39 is 48.4 Å². The van der Waals surface area contributed by atoms with Crippen molar-refractivity contribution >= 4 is 11.4 Å². The molecular formula is C32H32F4N4O2. The van der Waals surface area contributed by atoms with Gasteiger partial charge in [0.1, 0.15) is 0 Å². The largest absolute Gasteiger partial charge is 0.393 e. The first kappa shape index (κ1) is 26.3. The van der Waals surface area contributed by atoms with Gasteiger partial charge in [0.15, 0.2) is 0 Å². The Morgan fingerprint density at radius 3 is 2.24 bits per heavy atom. The summed E-state index contributed by atoms with van der Waals surface area (Å²) < 4.78 is 60.3. The second kappa shape index (κ2) is 9.07. The van der Waals surface area contributed by atoms with Crippen LogP contribution in [0.15, 0.2) is 61.2 Å². The van der Waals surface area contributed by atoms with E-state index in [1.165, 1.54) is 0 Å². The minimum Gasteiger partial charge on any atom is -0.393 e. The number of nitrogens with zero attached hydrogens (tertiary/aromatic N) is 4. The normalized spacial score (nSPS) is 32.3. The predicted octanol–water partition coefficient (Wildman–Crippen LogP) is 6.18. The Balaban J connectivity index is 1.16. The van der Waals surface area contributed by atoms with Crippen LogP contribution < -0.4 is 4.90 Å². The highest BCUT2D eigenvalue weighted by Gasteiger charge is 2.51. The van der Waals surface area contributed by atoms with E-state index in [1.807, 2.05) is 53.2 Å². The van der Waals surface area contributed by atoms with Crippen LogP contribution >= 0.6 is 0 Å². The molecule has 2 N–H and O–H groups in total. The average molecular weight is 581 g/mol. The maximum Gasteiger partial charge on any atom is 0.248 e. The third-order valence-electron chi connectivity index (χ3n) is 10.2. The zero-order valence-corrected chi connectivity index (χ0v) is 22.9. The molecule has 42 heavy (non-hydrogen) atoms. The second-order valence-electron chi connectivity index (χ2n) is 12.7. The van der Waals surface area contributed by atoms with Gasteiger partial charge in [-0.25, -0.2) is 22.5 Å². The van der Waals surface area contributed by atoms with Gasteiger partial charge in [0.05, 0.1) is 54.9 Å². The molecule has 3 aromatic rings. The van der Waals surface area contributed by atoms with Gasteiger partial charge in [-0.2, -0.15) is 0 Å². The number of aromatic nitrogens is 2. The minimum absolute atomic E-state index is 0.0489. The molecule has 0 unspecified atom stereocenters. The number of aliphatic hydroxyl groups is 2. The van der Waals surface area contributed by atoms with E-state index in [9.17, 15) is 27.8 Å². The molecule has 0 radical (unpaired) electrons. The molecule has 6 atom stereocenters. The van der Waals surface area contributed by atoms with Gasteiger partial charge in [0.2, 0.25) is 11.8 Å². The van der Waals surface area contributed by atoms with Gasteiger partial charge in [-0.05, 0) is 36.1 Å².